The molecule has 3 aliphatic heterocycles. The molecule has 2 bridgehead atoms. The van der Waals surface area contributed by atoms with Crippen LogP contribution in [0.3, 0.4) is 0 Å². The van der Waals surface area contributed by atoms with Crippen molar-refractivity contribution in [1.82, 2.24) is 4.90 Å². The second kappa shape index (κ2) is 8.26. The maximum Gasteiger partial charge on any atom is 0.316 e. The van der Waals surface area contributed by atoms with Crippen LogP contribution < -0.4 is 0 Å². The van der Waals surface area contributed by atoms with Crippen LogP contribution in [0.15, 0.2) is 30.3 Å². The molecule has 3 saturated heterocycles. The number of unbranched alkanes of at least 4 members (excludes halogenated alkanes) is 1. The van der Waals surface area contributed by atoms with Crippen molar-refractivity contribution in [3.8, 4) is 0 Å². The number of ether oxygens (including phenoxy) is 2. The molecule has 6 heteroatoms. The second-order valence-electron chi connectivity index (χ2n) is 7.47. The highest BCUT2D eigenvalue weighted by Gasteiger charge is 2.63. The first-order valence-electron chi connectivity index (χ1n) is 9.50. The van der Waals surface area contributed by atoms with E-state index in [-0.39, 0.29) is 31.1 Å². The maximum atomic E-state index is 12.6. The summed E-state index contributed by atoms with van der Waals surface area (Å²) in [6.45, 7) is 3.11. The summed E-state index contributed by atoms with van der Waals surface area (Å²) in [6.07, 6.45) is 4.72. The number of aliphatic hydroxyl groups excluding tert-OH is 1. The van der Waals surface area contributed by atoms with Gasteiger partial charge in [0.25, 0.3) is 0 Å². The van der Waals surface area contributed by atoms with E-state index in [0.29, 0.717) is 24.3 Å². The Labute approximate surface area is 161 Å². The molecule has 1 aromatic carbocycles. The van der Waals surface area contributed by atoms with Crippen LogP contribution in [0.5, 0.6) is 0 Å². The van der Waals surface area contributed by atoms with E-state index in [2.05, 4.69) is 11.8 Å². The molecule has 3 unspecified atom stereocenters. The van der Waals surface area contributed by atoms with Gasteiger partial charge in [-0.25, -0.2) is 0 Å². The summed E-state index contributed by atoms with van der Waals surface area (Å²) < 4.78 is 11.6. The second-order valence-corrected chi connectivity index (χ2v) is 7.47. The lowest BCUT2D eigenvalue weighted by Crippen LogP contribution is -2.50. The summed E-state index contributed by atoms with van der Waals surface area (Å²) in [7, 11) is 0. The number of hydrogen-bond donors (Lipinski definition) is 1. The average molecular weight is 382 g/mol. The van der Waals surface area contributed by atoms with Crippen molar-refractivity contribution in [1.29, 1.82) is 0 Å². The molecular formula is C20H28ClNO4. The van der Waals surface area contributed by atoms with Crippen molar-refractivity contribution in [2.75, 3.05) is 13.2 Å². The standard InChI is InChI=1S/C20H27NO4.ClH/c1-2-3-9-21-16-10-14(11-17(21)19-18(16)25-19)24-20(23)15(12-22)13-7-5-4-6-8-13;/h4-8,14-19,22H,2-3,9-12H2,1H3;1H/t14?,15-,16?,17?,18-,19+;/m1./s1. The Kier molecular flexibility index (Phi) is 6.23. The van der Waals surface area contributed by atoms with Gasteiger partial charge in [0.05, 0.1) is 6.61 Å². The minimum absolute atomic E-state index is 0. The van der Waals surface area contributed by atoms with Gasteiger partial charge in [0.15, 0.2) is 0 Å². The van der Waals surface area contributed by atoms with Crippen LogP contribution in [0.1, 0.15) is 44.1 Å². The zero-order valence-electron chi connectivity index (χ0n) is 15.1. The Bertz CT molecular complexity index is 595. The molecule has 0 aliphatic carbocycles. The fourth-order valence-electron chi connectivity index (χ4n) is 4.57. The molecule has 144 valence electrons. The monoisotopic (exact) mass is 381 g/mol. The summed E-state index contributed by atoms with van der Waals surface area (Å²) in [5, 5.41) is 9.65. The minimum Gasteiger partial charge on any atom is -0.462 e. The Morgan fingerprint density at radius 3 is 2.50 bits per heavy atom. The summed E-state index contributed by atoms with van der Waals surface area (Å²) in [5.41, 5.74) is 0.810. The molecule has 0 saturated carbocycles. The number of nitrogens with zero attached hydrogens (tertiary/aromatic N) is 1. The zero-order valence-corrected chi connectivity index (χ0v) is 15.9. The van der Waals surface area contributed by atoms with Crippen molar-refractivity contribution < 1.29 is 19.4 Å². The Morgan fingerprint density at radius 2 is 1.92 bits per heavy atom. The van der Waals surface area contributed by atoms with E-state index >= 15 is 0 Å². The first kappa shape index (κ1) is 19.6. The molecule has 6 atom stereocenters. The van der Waals surface area contributed by atoms with Gasteiger partial charge < -0.3 is 14.6 Å². The molecule has 0 aromatic heterocycles. The normalized spacial score (nSPS) is 33.1. The van der Waals surface area contributed by atoms with Gasteiger partial charge in [-0.3, -0.25) is 9.69 Å². The molecule has 0 amide bonds. The van der Waals surface area contributed by atoms with Crippen LogP contribution in [0.4, 0.5) is 0 Å². The summed E-state index contributed by atoms with van der Waals surface area (Å²) in [5.74, 6) is -0.905. The van der Waals surface area contributed by atoms with Crippen molar-refractivity contribution in [2.24, 2.45) is 0 Å². The summed E-state index contributed by atoms with van der Waals surface area (Å²) in [4.78, 5) is 15.2. The molecule has 0 spiro atoms. The molecular weight excluding hydrogens is 354 g/mol. The number of carbonyl (C=O) groups is 1. The van der Waals surface area contributed by atoms with Gasteiger partial charge in [-0.15, -0.1) is 12.4 Å². The number of hydrogen-bond acceptors (Lipinski definition) is 5. The van der Waals surface area contributed by atoms with Gasteiger partial charge in [-0.05, 0) is 18.5 Å². The highest BCUT2D eigenvalue weighted by molar-refractivity contribution is 5.85. The SMILES string of the molecule is CCCCN1C2CC(OC(=O)[C@H](CO)c3ccccc3)CC1[C@@H]1O[C@H]21.Cl. The van der Waals surface area contributed by atoms with Crippen LogP contribution in [0.2, 0.25) is 0 Å². The van der Waals surface area contributed by atoms with Crippen molar-refractivity contribution in [3.63, 3.8) is 0 Å². The van der Waals surface area contributed by atoms with Crippen LogP contribution in [0.25, 0.3) is 0 Å². The van der Waals surface area contributed by atoms with Gasteiger partial charge in [-0.1, -0.05) is 43.7 Å². The fraction of sp³-hybridized carbons (Fsp3) is 0.650. The van der Waals surface area contributed by atoms with Gasteiger partial charge in [0.2, 0.25) is 0 Å². The quantitative estimate of drug-likeness (QED) is 0.580. The van der Waals surface area contributed by atoms with E-state index in [1.807, 2.05) is 30.3 Å². The Hall–Kier alpha value is -1.14. The molecule has 26 heavy (non-hydrogen) atoms. The van der Waals surface area contributed by atoms with E-state index in [4.69, 9.17) is 9.47 Å². The highest BCUT2D eigenvalue weighted by Crippen LogP contribution is 2.49. The third kappa shape index (κ3) is 3.63. The molecule has 4 rings (SSSR count). The number of morpholine rings is 1. The number of aliphatic hydroxyl groups is 1. The molecule has 1 aromatic rings. The molecule has 3 fully saturated rings. The number of halogens is 1. The number of benzene rings is 1. The van der Waals surface area contributed by atoms with Gasteiger partial charge in [0.1, 0.15) is 24.2 Å². The largest absolute Gasteiger partial charge is 0.462 e. The van der Waals surface area contributed by atoms with E-state index in [1.54, 1.807) is 0 Å². The third-order valence-corrected chi connectivity index (χ3v) is 5.90. The molecule has 1 N–H and O–H groups in total. The van der Waals surface area contributed by atoms with Crippen molar-refractivity contribution in [2.45, 2.75) is 68.9 Å². The van der Waals surface area contributed by atoms with Gasteiger partial charge >= 0.3 is 5.97 Å². The van der Waals surface area contributed by atoms with E-state index in [1.165, 1.54) is 12.8 Å². The third-order valence-electron chi connectivity index (χ3n) is 5.90. The topological polar surface area (TPSA) is 62.3 Å². The lowest BCUT2D eigenvalue weighted by atomic mass is 9.97. The van der Waals surface area contributed by atoms with E-state index in [9.17, 15) is 9.90 Å². The summed E-state index contributed by atoms with van der Waals surface area (Å²) >= 11 is 0. The van der Waals surface area contributed by atoms with Crippen LogP contribution in [-0.4, -0.2) is 59.5 Å². The molecule has 0 radical (unpaired) electrons. The number of fused-ring (bicyclic) bond motifs is 5. The van der Waals surface area contributed by atoms with Gasteiger partial charge in [-0.2, -0.15) is 0 Å². The fourth-order valence-corrected chi connectivity index (χ4v) is 4.57. The highest BCUT2D eigenvalue weighted by atomic mass is 35.5. The summed E-state index contributed by atoms with van der Waals surface area (Å²) in [6, 6.07) is 10.2. The first-order valence-corrected chi connectivity index (χ1v) is 9.50. The number of carbonyl (C=O) groups excluding carboxylic acids is 1. The Morgan fingerprint density at radius 1 is 1.27 bits per heavy atom. The van der Waals surface area contributed by atoms with Crippen molar-refractivity contribution in [3.05, 3.63) is 35.9 Å². The number of rotatable bonds is 7. The molecule has 3 heterocycles. The number of esters is 1. The molecule has 3 aliphatic rings. The lowest BCUT2D eigenvalue weighted by Gasteiger charge is -2.40. The number of epoxide rings is 1. The van der Waals surface area contributed by atoms with Crippen LogP contribution in [-0.2, 0) is 14.3 Å². The average Bonchev–Trinajstić information content (AvgIpc) is 3.38. The maximum absolute atomic E-state index is 12.6. The molecule has 5 nitrogen and oxygen atoms in total. The van der Waals surface area contributed by atoms with Gasteiger partial charge in [0, 0.05) is 24.9 Å². The predicted molar refractivity (Wildman–Crippen MR) is 100 cm³/mol. The number of piperidine rings is 1. The minimum atomic E-state index is -0.595. The van der Waals surface area contributed by atoms with Crippen molar-refractivity contribution >= 4 is 18.4 Å². The van der Waals surface area contributed by atoms with E-state index < -0.39 is 5.92 Å². The predicted octanol–water partition coefficient (Wildman–Crippen LogP) is 2.51. The lowest BCUT2D eigenvalue weighted by molar-refractivity contribution is -0.157. The first-order chi connectivity index (χ1) is 12.2. The Balaban J connectivity index is 0.00000196. The zero-order chi connectivity index (χ0) is 17.4. The van der Waals surface area contributed by atoms with Crippen LogP contribution in [0, 0.1) is 0 Å². The van der Waals surface area contributed by atoms with Crippen LogP contribution >= 0.6 is 12.4 Å². The van der Waals surface area contributed by atoms with E-state index in [0.717, 1.165) is 24.9 Å². The smallest absolute Gasteiger partial charge is 0.316 e.